The summed E-state index contributed by atoms with van der Waals surface area (Å²) in [6.07, 6.45) is 1.63. The zero-order valence-electron chi connectivity index (χ0n) is 11.5. The number of pyridine rings is 1. The van der Waals surface area contributed by atoms with Gasteiger partial charge in [0.25, 0.3) is 0 Å². The molecule has 0 fully saturated rings. The number of nitrogens with zero attached hydrogens (tertiary/aromatic N) is 2. The molecule has 0 saturated heterocycles. The summed E-state index contributed by atoms with van der Waals surface area (Å²) in [6, 6.07) is 9.19. The predicted octanol–water partition coefficient (Wildman–Crippen LogP) is 3.23. The summed E-state index contributed by atoms with van der Waals surface area (Å²) in [5.74, 6) is 0.0750. The third kappa shape index (κ3) is 3.46. The number of hydrogen-bond donors (Lipinski definition) is 1. The molecule has 20 heavy (non-hydrogen) atoms. The second-order valence-corrected chi connectivity index (χ2v) is 5.06. The van der Waals surface area contributed by atoms with Crippen LogP contribution < -0.4 is 10.2 Å². The maximum Gasteiger partial charge on any atom is 0.170 e. The Morgan fingerprint density at radius 1 is 1.25 bits per heavy atom. The lowest BCUT2D eigenvalue weighted by molar-refractivity contribution is 0.589. The van der Waals surface area contributed by atoms with E-state index in [1.807, 2.05) is 31.3 Å². The lowest BCUT2D eigenvalue weighted by atomic mass is 10.2. The molecule has 0 aliphatic heterocycles. The van der Waals surface area contributed by atoms with Gasteiger partial charge in [0.05, 0.1) is 0 Å². The summed E-state index contributed by atoms with van der Waals surface area (Å²) in [6.45, 7) is 1.06. The molecule has 0 spiro atoms. The maximum absolute atomic E-state index is 14.3. The second-order valence-electron chi connectivity index (χ2n) is 4.62. The van der Waals surface area contributed by atoms with Crippen molar-refractivity contribution in [2.24, 2.45) is 0 Å². The Kier molecular flexibility index (Phi) is 4.93. The third-order valence-corrected chi connectivity index (χ3v) is 3.26. The summed E-state index contributed by atoms with van der Waals surface area (Å²) < 4.78 is 14.3. The molecule has 0 radical (unpaired) electrons. The number of nitrogens with one attached hydrogen (secondary N) is 1. The van der Waals surface area contributed by atoms with Crippen molar-refractivity contribution in [2.45, 2.75) is 13.1 Å². The third-order valence-electron chi connectivity index (χ3n) is 3.01. The smallest absolute Gasteiger partial charge is 0.170 e. The molecule has 0 amide bonds. The molecule has 1 aromatic carbocycles. The summed E-state index contributed by atoms with van der Waals surface area (Å²) in [7, 11) is 3.61. The van der Waals surface area contributed by atoms with Crippen LogP contribution in [0.1, 0.15) is 11.1 Å². The summed E-state index contributed by atoms with van der Waals surface area (Å²) in [5.41, 5.74) is 1.66. The zero-order chi connectivity index (χ0) is 14.5. The second kappa shape index (κ2) is 6.68. The van der Waals surface area contributed by atoms with Crippen LogP contribution in [0.3, 0.4) is 0 Å². The molecule has 0 atom stereocenters. The van der Waals surface area contributed by atoms with Gasteiger partial charge in [-0.15, -0.1) is 0 Å². The lowest BCUT2D eigenvalue weighted by Crippen LogP contribution is -2.20. The summed E-state index contributed by atoms with van der Waals surface area (Å²) >= 11 is 5.85. The van der Waals surface area contributed by atoms with E-state index in [1.54, 1.807) is 24.2 Å². The van der Waals surface area contributed by atoms with E-state index in [0.29, 0.717) is 29.5 Å². The van der Waals surface area contributed by atoms with Gasteiger partial charge in [0.15, 0.2) is 11.6 Å². The first-order chi connectivity index (χ1) is 9.61. The van der Waals surface area contributed by atoms with Crippen LogP contribution in [-0.4, -0.2) is 19.1 Å². The van der Waals surface area contributed by atoms with E-state index in [1.165, 1.54) is 0 Å². The standard InChI is InChI=1S/C15H17ClFN3/c1-18-9-12-7-8-19-15(14(12)17)20(2)10-11-3-5-13(16)6-4-11/h3-8,18H,9-10H2,1-2H3. The Hall–Kier alpha value is -1.65. The Bertz CT molecular complexity index is 572. The molecular formula is C15H17ClFN3. The Balaban J connectivity index is 2.18. The molecule has 106 valence electrons. The Morgan fingerprint density at radius 2 is 1.95 bits per heavy atom. The molecule has 0 aliphatic carbocycles. The molecule has 2 aromatic rings. The van der Waals surface area contributed by atoms with Crippen LogP contribution in [0.5, 0.6) is 0 Å². The van der Waals surface area contributed by atoms with E-state index in [2.05, 4.69) is 10.3 Å². The van der Waals surface area contributed by atoms with Crippen LogP contribution in [0, 0.1) is 5.82 Å². The van der Waals surface area contributed by atoms with Gasteiger partial charge in [0.2, 0.25) is 0 Å². The normalized spacial score (nSPS) is 10.6. The molecule has 0 unspecified atom stereocenters. The maximum atomic E-state index is 14.3. The average molecular weight is 294 g/mol. The molecule has 0 bridgehead atoms. The van der Waals surface area contributed by atoms with Gasteiger partial charge in [-0.3, -0.25) is 0 Å². The Morgan fingerprint density at radius 3 is 2.60 bits per heavy atom. The van der Waals surface area contributed by atoms with Gasteiger partial charge < -0.3 is 10.2 Å². The van der Waals surface area contributed by atoms with Crippen LogP contribution >= 0.6 is 11.6 Å². The highest BCUT2D eigenvalue weighted by atomic mass is 35.5. The van der Waals surface area contributed by atoms with E-state index in [9.17, 15) is 4.39 Å². The summed E-state index contributed by atoms with van der Waals surface area (Å²) in [5, 5.41) is 3.64. The van der Waals surface area contributed by atoms with Gasteiger partial charge in [-0.2, -0.15) is 0 Å². The number of halogens is 2. The summed E-state index contributed by atoms with van der Waals surface area (Å²) in [4.78, 5) is 5.92. The number of anilines is 1. The molecule has 1 N–H and O–H groups in total. The molecular weight excluding hydrogens is 277 g/mol. The van der Waals surface area contributed by atoms with Crippen molar-refractivity contribution in [1.29, 1.82) is 0 Å². The highest BCUT2D eigenvalue weighted by molar-refractivity contribution is 6.30. The van der Waals surface area contributed by atoms with E-state index < -0.39 is 0 Å². The largest absolute Gasteiger partial charge is 0.353 e. The van der Waals surface area contributed by atoms with Crippen molar-refractivity contribution in [3.8, 4) is 0 Å². The van der Waals surface area contributed by atoms with Crippen LogP contribution in [-0.2, 0) is 13.1 Å². The first-order valence-corrected chi connectivity index (χ1v) is 6.73. The minimum atomic E-state index is -0.279. The highest BCUT2D eigenvalue weighted by Gasteiger charge is 2.13. The van der Waals surface area contributed by atoms with E-state index in [-0.39, 0.29) is 5.82 Å². The molecule has 3 nitrogen and oxygen atoms in total. The molecule has 1 aromatic heterocycles. The van der Waals surface area contributed by atoms with Crippen molar-refractivity contribution in [2.75, 3.05) is 19.0 Å². The van der Waals surface area contributed by atoms with E-state index >= 15 is 0 Å². The fourth-order valence-electron chi connectivity index (χ4n) is 2.00. The SMILES string of the molecule is CNCc1ccnc(N(C)Cc2ccc(Cl)cc2)c1F. The minimum absolute atomic E-state index is 0.279. The molecule has 5 heteroatoms. The minimum Gasteiger partial charge on any atom is -0.353 e. The van der Waals surface area contributed by atoms with Gasteiger partial charge >= 0.3 is 0 Å². The fraction of sp³-hybridized carbons (Fsp3) is 0.267. The van der Waals surface area contributed by atoms with Crippen molar-refractivity contribution < 1.29 is 4.39 Å². The van der Waals surface area contributed by atoms with Crippen molar-refractivity contribution in [3.05, 3.63) is 58.5 Å². The van der Waals surface area contributed by atoms with Crippen molar-refractivity contribution in [1.82, 2.24) is 10.3 Å². The zero-order valence-corrected chi connectivity index (χ0v) is 12.3. The molecule has 0 aliphatic rings. The van der Waals surface area contributed by atoms with Crippen molar-refractivity contribution >= 4 is 17.4 Å². The molecule has 2 rings (SSSR count). The van der Waals surface area contributed by atoms with Crippen LogP contribution in [0.2, 0.25) is 5.02 Å². The van der Waals surface area contributed by atoms with E-state index in [0.717, 1.165) is 5.56 Å². The first kappa shape index (κ1) is 14.8. The number of rotatable bonds is 5. The fourth-order valence-corrected chi connectivity index (χ4v) is 2.13. The predicted molar refractivity (Wildman–Crippen MR) is 80.5 cm³/mol. The van der Waals surface area contributed by atoms with Crippen LogP contribution in [0.15, 0.2) is 36.5 Å². The van der Waals surface area contributed by atoms with Crippen molar-refractivity contribution in [3.63, 3.8) is 0 Å². The average Bonchev–Trinajstić information content (AvgIpc) is 2.44. The Labute approximate surface area is 123 Å². The van der Waals surface area contributed by atoms with Gasteiger partial charge in [0.1, 0.15) is 0 Å². The van der Waals surface area contributed by atoms with Crippen LogP contribution in [0.25, 0.3) is 0 Å². The molecule has 1 heterocycles. The number of benzene rings is 1. The highest BCUT2D eigenvalue weighted by Crippen LogP contribution is 2.20. The monoisotopic (exact) mass is 293 g/mol. The number of hydrogen-bond acceptors (Lipinski definition) is 3. The lowest BCUT2D eigenvalue weighted by Gasteiger charge is -2.20. The number of aromatic nitrogens is 1. The van der Waals surface area contributed by atoms with Crippen LogP contribution in [0.4, 0.5) is 10.2 Å². The van der Waals surface area contributed by atoms with E-state index in [4.69, 9.17) is 11.6 Å². The van der Waals surface area contributed by atoms with Gasteiger partial charge in [0, 0.05) is 36.9 Å². The quantitative estimate of drug-likeness (QED) is 0.917. The van der Waals surface area contributed by atoms with Gasteiger partial charge in [-0.1, -0.05) is 23.7 Å². The van der Waals surface area contributed by atoms with Gasteiger partial charge in [-0.25, -0.2) is 9.37 Å². The first-order valence-electron chi connectivity index (χ1n) is 6.35. The molecule has 0 saturated carbocycles. The topological polar surface area (TPSA) is 28.2 Å². The van der Waals surface area contributed by atoms with Gasteiger partial charge in [-0.05, 0) is 30.8 Å².